The number of nitrogens with zero attached hydrogens (tertiary/aromatic N) is 1. The Hall–Kier alpha value is -2.37. The molecule has 2 rings (SSSR count). The Morgan fingerprint density at radius 2 is 2.14 bits per heavy atom. The molecule has 1 heterocycles. The minimum atomic E-state index is -0.373. The number of carbonyl (C=O) groups is 2. The summed E-state index contributed by atoms with van der Waals surface area (Å²) in [5.74, 6) is -0.267. The van der Waals surface area contributed by atoms with Crippen LogP contribution in [-0.2, 0) is 9.59 Å². The lowest BCUT2D eigenvalue weighted by molar-refractivity contribution is -0.131. The number of amides is 2. The van der Waals surface area contributed by atoms with Crippen molar-refractivity contribution in [2.75, 3.05) is 19.6 Å². The summed E-state index contributed by atoms with van der Waals surface area (Å²) in [4.78, 5) is 24.5. The largest absolute Gasteiger partial charge is 0.489 e. The molecule has 1 aliphatic heterocycles. The van der Waals surface area contributed by atoms with E-state index in [4.69, 9.17) is 4.74 Å². The van der Waals surface area contributed by atoms with Gasteiger partial charge in [0.05, 0.1) is 13.1 Å². The fourth-order valence-electron chi connectivity index (χ4n) is 2.10. The first-order valence-electron chi connectivity index (χ1n) is 6.69. The second kappa shape index (κ2) is 6.88. The first kappa shape index (κ1) is 15.0. The van der Waals surface area contributed by atoms with Crippen LogP contribution in [0.25, 0.3) is 0 Å². The maximum absolute atomic E-state index is 12.8. The third-order valence-corrected chi connectivity index (χ3v) is 3.21. The van der Waals surface area contributed by atoms with Crippen molar-refractivity contribution in [3.63, 3.8) is 0 Å². The highest BCUT2D eigenvalue weighted by molar-refractivity contribution is 5.90. The number of rotatable bonds is 5. The Kier molecular flexibility index (Phi) is 4.92. The van der Waals surface area contributed by atoms with Crippen LogP contribution < -0.4 is 10.1 Å². The monoisotopic (exact) mass is 292 g/mol. The second-order valence-electron chi connectivity index (χ2n) is 4.74. The molecule has 0 spiro atoms. The van der Waals surface area contributed by atoms with Gasteiger partial charge in [0.15, 0.2) is 0 Å². The maximum atomic E-state index is 12.8. The highest BCUT2D eigenvalue weighted by Gasteiger charge is 2.27. The van der Waals surface area contributed by atoms with E-state index in [1.54, 1.807) is 17.0 Å². The highest BCUT2D eigenvalue weighted by Crippen LogP contribution is 2.18. The van der Waals surface area contributed by atoms with Crippen molar-refractivity contribution in [1.29, 1.82) is 0 Å². The van der Waals surface area contributed by atoms with Gasteiger partial charge in [-0.15, -0.1) is 0 Å². The zero-order chi connectivity index (χ0) is 15.2. The van der Waals surface area contributed by atoms with Crippen LogP contribution in [0, 0.1) is 5.82 Å². The Morgan fingerprint density at radius 1 is 1.43 bits per heavy atom. The van der Waals surface area contributed by atoms with E-state index in [0.29, 0.717) is 25.3 Å². The summed E-state index contributed by atoms with van der Waals surface area (Å²) in [6, 6.07) is 5.78. The van der Waals surface area contributed by atoms with Crippen molar-refractivity contribution in [1.82, 2.24) is 10.2 Å². The molecule has 0 radical (unpaired) electrons. The molecule has 1 N–H and O–H groups in total. The number of hydrogen-bond acceptors (Lipinski definition) is 3. The van der Waals surface area contributed by atoms with Crippen molar-refractivity contribution >= 4 is 11.8 Å². The van der Waals surface area contributed by atoms with Crippen LogP contribution in [0.5, 0.6) is 5.75 Å². The molecule has 0 unspecified atom stereocenters. The Labute approximate surface area is 122 Å². The zero-order valence-corrected chi connectivity index (χ0v) is 11.5. The standard InChI is InChI=1S/C15H17FN2O3/c1-2-14(19)17-9-15(20)18-8-7-13(10-18)21-12-5-3-11(16)4-6-12/h2-6,13H,1,7-10H2,(H,17,19)/t13-/m0/s1. The van der Waals surface area contributed by atoms with Crippen LogP contribution >= 0.6 is 0 Å². The van der Waals surface area contributed by atoms with Gasteiger partial charge in [-0.1, -0.05) is 6.58 Å². The van der Waals surface area contributed by atoms with Crippen LogP contribution in [0.4, 0.5) is 4.39 Å². The van der Waals surface area contributed by atoms with Crippen molar-refractivity contribution in [2.45, 2.75) is 12.5 Å². The lowest BCUT2D eigenvalue weighted by atomic mass is 10.3. The van der Waals surface area contributed by atoms with Crippen molar-refractivity contribution in [3.8, 4) is 5.75 Å². The van der Waals surface area contributed by atoms with E-state index in [2.05, 4.69) is 11.9 Å². The van der Waals surface area contributed by atoms with Gasteiger partial charge in [0.2, 0.25) is 11.8 Å². The molecule has 1 aromatic rings. The van der Waals surface area contributed by atoms with E-state index in [9.17, 15) is 14.0 Å². The molecule has 21 heavy (non-hydrogen) atoms. The average Bonchev–Trinajstić information content (AvgIpc) is 2.95. The van der Waals surface area contributed by atoms with Crippen molar-refractivity contribution in [3.05, 3.63) is 42.7 Å². The molecule has 0 saturated carbocycles. The minimum Gasteiger partial charge on any atom is -0.489 e. The zero-order valence-electron chi connectivity index (χ0n) is 11.5. The molecule has 112 valence electrons. The molecule has 1 aliphatic rings. The van der Waals surface area contributed by atoms with E-state index < -0.39 is 0 Å². The van der Waals surface area contributed by atoms with Crippen molar-refractivity contribution < 1.29 is 18.7 Å². The van der Waals surface area contributed by atoms with Gasteiger partial charge < -0.3 is 15.0 Å². The normalized spacial score (nSPS) is 17.4. The van der Waals surface area contributed by atoms with E-state index in [1.165, 1.54) is 12.1 Å². The SMILES string of the molecule is C=CC(=O)NCC(=O)N1CC[C@H](Oc2ccc(F)cc2)C1. The third kappa shape index (κ3) is 4.30. The topological polar surface area (TPSA) is 58.6 Å². The summed E-state index contributed by atoms with van der Waals surface area (Å²) in [7, 11) is 0. The van der Waals surface area contributed by atoms with Gasteiger partial charge in [0, 0.05) is 13.0 Å². The van der Waals surface area contributed by atoms with Gasteiger partial charge in [-0.3, -0.25) is 9.59 Å². The summed E-state index contributed by atoms with van der Waals surface area (Å²) in [5, 5.41) is 2.45. The predicted octanol–water partition coefficient (Wildman–Crippen LogP) is 1.11. The van der Waals surface area contributed by atoms with Crippen LogP contribution in [0.15, 0.2) is 36.9 Å². The molecule has 0 bridgehead atoms. The third-order valence-electron chi connectivity index (χ3n) is 3.21. The van der Waals surface area contributed by atoms with Crippen LogP contribution in [0.2, 0.25) is 0 Å². The molecule has 0 aliphatic carbocycles. The highest BCUT2D eigenvalue weighted by atomic mass is 19.1. The predicted molar refractivity (Wildman–Crippen MR) is 75.2 cm³/mol. The van der Waals surface area contributed by atoms with Gasteiger partial charge in [-0.05, 0) is 30.3 Å². The first-order chi connectivity index (χ1) is 10.1. The molecule has 1 atom stereocenters. The number of nitrogens with one attached hydrogen (secondary N) is 1. The number of carbonyl (C=O) groups excluding carboxylic acids is 2. The molecule has 1 fully saturated rings. The molecule has 6 heteroatoms. The maximum Gasteiger partial charge on any atom is 0.243 e. The first-order valence-corrected chi connectivity index (χ1v) is 6.69. The van der Waals surface area contributed by atoms with Gasteiger partial charge in [0.1, 0.15) is 17.7 Å². The Morgan fingerprint density at radius 3 is 2.81 bits per heavy atom. The van der Waals surface area contributed by atoms with E-state index in [1.807, 2.05) is 0 Å². The molecule has 0 aromatic heterocycles. The van der Waals surface area contributed by atoms with E-state index in [-0.39, 0.29) is 30.3 Å². The summed E-state index contributed by atoms with van der Waals surface area (Å²) in [5.41, 5.74) is 0. The molecule has 1 aromatic carbocycles. The number of benzene rings is 1. The number of likely N-dealkylation sites (tertiary alicyclic amines) is 1. The molecule has 2 amide bonds. The van der Waals surface area contributed by atoms with E-state index >= 15 is 0 Å². The van der Waals surface area contributed by atoms with E-state index in [0.717, 1.165) is 6.08 Å². The van der Waals surface area contributed by atoms with Gasteiger partial charge in [0.25, 0.3) is 0 Å². The fourth-order valence-corrected chi connectivity index (χ4v) is 2.10. The smallest absolute Gasteiger partial charge is 0.243 e. The minimum absolute atomic E-state index is 0.0475. The van der Waals surface area contributed by atoms with Crippen molar-refractivity contribution in [2.24, 2.45) is 0 Å². The molecule has 1 saturated heterocycles. The number of hydrogen-bond donors (Lipinski definition) is 1. The van der Waals surface area contributed by atoms with Gasteiger partial charge in [-0.2, -0.15) is 0 Å². The lowest BCUT2D eigenvalue weighted by Crippen LogP contribution is -2.39. The summed E-state index contributed by atoms with van der Waals surface area (Å²) in [6.45, 7) is 4.31. The second-order valence-corrected chi connectivity index (χ2v) is 4.74. The molecule has 5 nitrogen and oxygen atoms in total. The Balaban J connectivity index is 1.80. The average molecular weight is 292 g/mol. The quantitative estimate of drug-likeness (QED) is 0.827. The summed E-state index contributed by atoms with van der Waals surface area (Å²) >= 11 is 0. The molecular weight excluding hydrogens is 275 g/mol. The number of ether oxygens (including phenoxy) is 1. The summed E-state index contributed by atoms with van der Waals surface area (Å²) < 4.78 is 18.5. The van der Waals surface area contributed by atoms with Gasteiger partial charge >= 0.3 is 0 Å². The fraction of sp³-hybridized carbons (Fsp3) is 0.333. The van der Waals surface area contributed by atoms with Crippen LogP contribution in [-0.4, -0.2) is 42.5 Å². The molecular formula is C15H17FN2O3. The number of halogens is 1. The van der Waals surface area contributed by atoms with Crippen LogP contribution in [0.1, 0.15) is 6.42 Å². The van der Waals surface area contributed by atoms with Crippen LogP contribution in [0.3, 0.4) is 0 Å². The Bertz CT molecular complexity index is 530. The summed E-state index contributed by atoms with van der Waals surface area (Å²) in [6.07, 6.45) is 1.71. The lowest BCUT2D eigenvalue weighted by Gasteiger charge is -2.17. The van der Waals surface area contributed by atoms with Gasteiger partial charge in [-0.25, -0.2) is 4.39 Å².